The molecule has 2 aromatic carbocycles. The van der Waals surface area contributed by atoms with Gasteiger partial charge in [0.1, 0.15) is 17.5 Å². The third-order valence-electron chi connectivity index (χ3n) is 4.77. The normalized spacial score (nSPS) is 18.2. The van der Waals surface area contributed by atoms with E-state index < -0.39 is 11.6 Å². The average molecular weight is 359 g/mol. The number of thioether (sulfide) groups is 1. The summed E-state index contributed by atoms with van der Waals surface area (Å²) in [6, 6.07) is 11.6. The number of fused-ring (bicyclic) bond motifs is 1. The molecule has 2 aliphatic rings. The molecule has 130 valence electrons. The Morgan fingerprint density at radius 1 is 1.12 bits per heavy atom. The highest BCUT2D eigenvalue weighted by Crippen LogP contribution is 2.39. The molecule has 2 aliphatic heterocycles. The molecule has 0 radical (unpaired) electrons. The van der Waals surface area contributed by atoms with Crippen LogP contribution in [0.3, 0.4) is 0 Å². The van der Waals surface area contributed by atoms with Crippen LogP contribution >= 0.6 is 11.8 Å². The highest BCUT2D eigenvalue weighted by molar-refractivity contribution is 7.99. The molecule has 0 aromatic heterocycles. The van der Waals surface area contributed by atoms with E-state index in [1.54, 1.807) is 0 Å². The summed E-state index contributed by atoms with van der Waals surface area (Å²) in [4.78, 5) is 4.82. The van der Waals surface area contributed by atoms with Gasteiger partial charge >= 0.3 is 0 Å². The lowest BCUT2D eigenvalue weighted by Crippen LogP contribution is -2.55. The molecule has 2 heterocycles. The fourth-order valence-corrected chi connectivity index (χ4v) is 4.55. The van der Waals surface area contributed by atoms with Crippen molar-refractivity contribution in [2.45, 2.75) is 24.9 Å². The Morgan fingerprint density at radius 3 is 2.72 bits per heavy atom. The zero-order chi connectivity index (χ0) is 17.3. The van der Waals surface area contributed by atoms with E-state index in [2.05, 4.69) is 10.6 Å². The number of amidine groups is 1. The lowest BCUT2D eigenvalue weighted by molar-refractivity contribution is 0.537. The fraction of sp³-hybridized carbons (Fsp3) is 0.316. The SMILES string of the molecule is Fc1ccc(CNC2=Nc3ccccc3NC23CCSCC3)c(F)c1. The average Bonchev–Trinajstić information content (AvgIpc) is 2.62. The number of anilines is 1. The van der Waals surface area contributed by atoms with E-state index >= 15 is 0 Å². The van der Waals surface area contributed by atoms with Gasteiger partial charge in [-0.1, -0.05) is 18.2 Å². The van der Waals surface area contributed by atoms with Crippen molar-refractivity contribution in [1.29, 1.82) is 0 Å². The zero-order valence-corrected chi connectivity index (χ0v) is 14.5. The molecule has 0 atom stereocenters. The molecule has 0 aliphatic carbocycles. The molecule has 2 N–H and O–H groups in total. The van der Waals surface area contributed by atoms with E-state index in [9.17, 15) is 8.78 Å². The van der Waals surface area contributed by atoms with Crippen LogP contribution < -0.4 is 10.6 Å². The van der Waals surface area contributed by atoms with Gasteiger partial charge in [0.2, 0.25) is 0 Å². The number of hydrogen-bond acceptors (Lipinski definition) is 4. The number of hydrogen-bond donors (Lipinski definition) is 2. The largest absolute Gasteiger partial charge is 0.371 e. The summed E-state index contributed by atoms with van der Waals surface area (Å²) in [5.74, 6) is 1.86. The third kappa shape index (κ3) is 3.23. The first-order valence-corrected chi connectivity index (χ1v) is 9.54. The van der Waals surface area contributed by atoms with Crippen LogP contribution in [-0.4, -0.2) is 22.9 Å². The first-order valence-electron chi connectivity index (χ1n) is 8.38. The fourth-order valence-electron chi connectivity index (χ4n) is 3.36. The Balaban J connectivity index is 1.63. The van der Waals surface area contributed by atoms with Crippen LogP contribution in [0.1, 0.15) is 18.4 Å². The zero-order valence-electron chi connectivity index (χ0n) is 13.7. The van der Waals surface area contributed by atoms with E-state index in [1.165, 1.54) is 12.1 Å². The van der Waals surface area contributed by atoms with E-state index in [1.807, 2.05) is 36.0 Å². The number of para-hydroxylation sites is 2. The summed E-state index contributed by atoms with van der Waals surface area (Å²) in [6.07, 6.45) is 1.92. The molecule has 25 heavy (non-hydrogen) atoms. The number of halogens is 2. The molecular weight excluding hydrogens is 340 g/mol. The maximum atomic E-state index is 13.9. The monoisotopic (exact) mass is 359 g/mol. The van der Waals surface area contributed by atoms with Gasteiger partial charge in [-0.15, -0.1) is 0 Å². The quantitative estimate of drug-likeness (QED) is 0.830. The van der Waals surface area contributed by atoms with E-state index in [4.69, 9.17) is 4.99 Å². The summed E-state index contributed by atoms with van der Waals surface area (Å²) >= 11 is 1.94. The number of benzene rings is 2. The Bertz CT molecular complexity index is 816. The van der Waals surface area contributed by atoms with Gasteiger partial charge in [-0.25, -0.2) is 13.8 Å². The Morgan fingerprint density at radius 2 is 1.92 bits per heavy atom. The molecule has 0 amide bonds. The van der Waals surface area contributed by atoms with E-state index in [-0.39, 0.29) is 12.1 Å². The van der Waals surface area contributed by atoms with Crippen molar-refractivity contribution in [2.24, 2.45) is 4.99 Å². The van der Waals surface area contributed by atoms with Gasteiger partial charge in [0.05, 0.1) is 16.9 Å². The minimum absolute atomic E-state index is 0.240. The molecule has 1 fully saturated rings. The maximum absolute atomic E-state index is 13.9. The smallest absolute Gasteiger partial charge is 0.131 e. The topological polar surface area (TPSA) is 36.4 Å². The second-order valence-corrected chi connectivity index (χ2v) is 7.61. The lowest BCUT2D eigenvalue weighted by Gasteiger charge is -2.42. The molecule has 2 aromatic rings. The van der Waals surface area contributed by atoms with Crippen molar-refractivity contribution < 1.29 is 8.78 Å². The van der Waals surface area contributed by atoms with Crippen LogP contribution in [0.25, 0.3) is 0 Å². The summed E-state index contributed by atoms with van der Waals surface area (Å²) in [5.41, 5.74) is 2.11. The van der Waals surface area contributed by atoms with Crippen molar-refractivity contribution in [1.82, 2.24) is 5.32 Å². The van der Waals surface area contributed by atoms with Gasteiger partial charge in [-0.3, -0.25) is 0 Å². The Hall–Kier alpha value is -2.08. The molecule has 0 bridgehead atoms. The van der Waals surface area contributed by atoms with Gasteiger partial charge in [-0.2, -0.15) is 11.8 Å². The van der Waals surface area contributed by atoms with Crippen molar-refractivity contribution >= 4 is 29.0 Å². The Labute approximate surface area is 149 Å². The van der Waals surface area contributed by atoms with Crippen LogP contribution in [-0.2, 0) is 6.54 Å². The van der Waals surface area contributed by atoms with Crippen LogP contribution in [0.2, 0.25) is 0 Å². The first-order chi connectivity index (χ1) is 12.2. The number of rotatable bonds is 2. The third-order valence-corrected chi connectivity index (χ3v) is 5.76. The number of aliphatic imine (C=N–C) groups is 1. The van der Waals surface area contributed by atoms with Crippen molar-refractivity contribution in [3.05, 3.63) is 59.7 Å². The summed E-state index contributed by atoms with van der Waals surface area (Å²) < 4.78 is 27.0. The minimum atomic E-state index is -0.562. The molecule has 1 spiro atoms. The standard InChI is InChI=1S/C19H19F2N3S/c20-14-6-5-13(15(21)11-14)12-22-18-19(7-9-25-10-8-19)24-17-4-2-1-3-16(17)23-18/h1-6,11,24H,7-10,12H2,(H,22,23). The lowest BCUT2D eigenvalue weighted by atomic mass is 9.88. The van der Waals surface area contributed by atoms with Gasteiger partial charge in [0.15, 0.2) is 0 Å². The Kier molecular flexibility index (Phi) is 4.37. The number of nitrogens with one attached hydrogen (secondary N) is 2. The van der Waals surface area contributed by atoms with E-state index in [0.717, 1.165) is 47.6 Å². The predicted octanol–water partition coefficient (Wildman–Crippen LogP) is 4.48. The highest BCUT2D eigenvalue weighted by atomic mass is 32.2. The van der Waals surface area contributed by atoms with Gasteiger partial charge in [-0.05, 0) is 42.5 Å². The highest BCUT2D eigenvalue weighted by Gasteiger charge is 2.40. The van der Waals surface area contributed by atoms with Gasteiger partial charge in [0.25, 0.3) is 0 Å². The van der Waals surface area contributed by atoms with Crippen LogP contribution in [0.4, 0.5) is 20.2 Å². The molecule has 0 unspecified atom stereocenters. The maximum Gasteiger partial charge on any atom is 0.131 e. The second-order valence-electron chi connectivity index (χ2n) is 6.39. The van der Waals surface area contributed by atoms with Gasteiger partial charge < -0.3 is 10.6 Å². The molecule has 0 saturated carbocycles. The van der Waals surface area contributed by atoms with Crippen molar-refractivity contribution in [2.75, 3.05) is 16.8 Å². The molecule has 3 nitrogen and oxygen atoms in total. The number of nitrogens with zero attached hydrogens (tertiary/aromatic N) is 1. The van der Waals surface area contributed by atoms with Crippen molar-refractivity contribution in [3.8, 4) is 0 Å². The second kappa shape index (κ2) is 6.67. The molecule has 1 saturated heterocycles. The first kappa shape index (κ1) is 16.4. The van der Waals surface area contributed by atoms with Gasteiger partial charge in [0, 0.05) is 18.2 Å². The van der Waals surface area contributed by atoms with Crippen LogP contribution in [0, 0.1) is 11.6 Å². The van der Waals surface area contributed by atoms with Crippen LogP contribution in [0.15, 0.2) is 47.5 Å². The molecular formula is C19H19F2N3S. The predicted molar refractivity (Wildman–Crippen MR) is 99.6 cm³/mol. The molecule has 6 heteroatoms. The summed E-state index contributed by atoms with van der Waals surface area (Å²) in [5, 5.41) is 6.98. The minimum Gasteiger partial charge on any atom is -0.371 e. The summed E-state index contributed by atoms with van der Waals surface area (Å²) in [7, 11) is 0. The van der Waals surface area contributed by atoms with Crippen molar-refractivity contribution in [3.63, 3.8) is 0 Å². The van der Waals surface area contributed by atoms with E-state index in [0.29, 0.717) is 5.56 Å². The molecule has 4 rings (SSSR count). The summed E-state index contributed by atoms with van der Waals surface area (Å²) in [6.45, 7) is 0.281. The van der Waals surface area contributed by atoms with Crippen LogP contribution in [0.5, 0.6) is 0 Å².